The van der Waals surface area contributed by atoms with Crippen molar-refractivity contribution in [1.29, 1.82) is 0 Å². The molecule has 3 saturated carbocycles. The third kappa shape index (κ3) is 13.1. The van der Waals surface area contributed by atoms with E-state index in [1.54, 1.807) is 6.92 Å². The minimum atomic E-state index is -1.93. The maximum absolute atomic E-state index is 12.8. The topological polar surface area (TPSA) is 456 Å². The lowest BCUT2D eigenvalue weighted by atomic mass is 9.38. The second kappa shape index (κ2) is 27.6. The summed E-state index contributed by atoms with van der Waals surface area (Å²) < 4.78 is 59.9. The van der Waals surface area contributed by atoms with Crippen LogP contribution in [-0.4, -0.2) is 296 Å². The molecule has 8 fully saturated rings. The number of ether oxygens (including phenoxy) is 10. The quantitative estimate of drug-likeness (QED) is 0.0517. The third-order valence-electron chi connectivity index (χ3n) is 23.1. The number of fused-ring (bicyclic) bond motifs is 5. The van der Waals surface area contributed by atoms with Crippen molar-refractivity contribution < 1.29 is 139 Å². The smallest absolute Gasteiger partial charge is 0.187 e. The van der Waals surface area contributed by atoms with Crippen LogP contribution < -0.4 is 0 Å². The summed E-state index contributed by atoms with van der Waals surface area (Å²) in [4.78, 5) is 0. The van der Waals surface area contributed by atoms with Gasteiger partial charge in [0.05, 0.1) is 56.4 Å². The van der Waals surface area contributed by atoms with Crippen molar-refractivity contribution in [2.75, 3.05) is 26.4 Å². The van der Waals surface area contributed by atoms with E-state index in [0.29, 0.717) is 32.1 Å². The number of rotatable bonds is 20. The summed E-state index contributed by atoms with van der Waals surface area (Å²) in [6, 6.07) is 0. The van der Waals surface area contributed by atoms with Crippen LogP contribution in [0.4, 0.5) is 0 Å². The first-order valence-electron chi connectivity index (χ1n) is 31.9. The molecule has 5 heterocycles. The van der Waals surface area contributed by atoms with Gasteiger partial charge >= 0.3 is 0 Å². The second-order valence-electron chi connectivity index (χ2n) is 28.9. The largest absolute Gasteiger partial charge is 0.394 e. The fourth-order valence-electron chi connectivity index (χ4n) is 17.2. The normalized spacial score (nSPS) is 51.8. The Labute approximate surface area is 518 Å². The van der Waals surface area contributed by atoms with Crippen LogP contribution in [0, 0.1) is 45.3 Å². The molecular formula is C61H104O28. The maximum atomic E-state index is 12.8. The number of aliphatic hydroxyl groups is 18. The number of allylic oxidation sites excluding steroid dienone is 1. The summed E-state index contributed by atoms with van der Waals surface area (Å²) in [5.74, 6) is 0.0363. The molecule has 0 radical (unpaired) electrons. The van der Waals surface area contributed by atoms with Crippen LogP contribution in [0.1, 0.15) is 120 Å². The van der Waals surface area contributed by atoms with Gasteiger partial charge in [0.25, 0.3) is 0 Å². The van der Waals surface area contributed by atoms with E-state index in [1.165, 1.54) is 13.8 Å². The van der Waals surface area contributed by atoms with Crippen molar-refractivity contribution in [3.63, 3.8) is 0 Å². The fourth-order valence-corrected chi connectivity index (χ4v) is 17.2. The van der Waals surface area contributed by atoms with Gasteiger partial charge in [0.2, 0.25) is 0 Å². The van der Waals surface area contributed by atoms with Gasteiger partial charge in [-0.2, -0.15) is 0 Å². The molecule has 0 spiro atoms. The van der Waals surface area contributed by atoms with Crippen molar-refractivity contribution >= 4 is 0 Å². The van der Waals surface area contributed by atoms with Gasteiger partial charge in [0, 0.05) is 10.8 Å². The maximum Gasteiger partial charge on any atom is 0.187 e. The molecular weight excluding hydrogens is 1180 g/mol. The van der Waals surface area contributed by atoms with Crippen LogP contribution in [0.5, 0.6) is 0 Å². The van der Waals surface area contributed by atoms with E-state index in [1.807, 2.05) is 13.8 Å². The zero-order valence-corrected chi connectivity index (χ0v) is 52.4. The van der Waals surface area contributed by atoms with Gasteiger partial charge in [-0.15, -0.1) is 0 Å². The Balaban J connectivity index is 0.883. The molecule has 9 rings (SSSR count). The molecule has 516 valence electrons. The average Bonchev–Trinajstić information content (AvgIpc) is 1.66. The molecule has 28 nitrogen and oxygen atoms in total. The SMILES string of the molecule is CC[C@H]1O[C@@H](OC[C@H]2O[C@@H](O[C@H](CC[C@@H](C)C3CC[C@@]4(C)C5CC=C6C(CC[C@H](O[C@@H]7O[C@H](CO[C@H]8O[C@H](CO)[C@@H](O)[C@H](O)[C@H]8O)[C@@H](O)[C@H](O)[C@H]7O)C6(C)C)[C@]5(C)[C@H](O)C[C@]34C)C(C)(C)O)[C@H](O[C@@H]3O[C@H](CO)[C@@H](O)[C@H](O)[C@H]3O)[C@@H](O)[C@@H]2O)[C@H](O)[C@@H](O)[C@@H]1O. The van der Waals surface area contributed by atoms with Crippen LogP contribution >= 0.6 is 0 Å². The molecule has 3 unspecified atom stereocenters. The van der Waals surface area contributed by atoms with Crippen molar-refractivity contribution in [1.82, 2.24) is 0 Å². The van der Waals surface area contributed by atoms with E-state index >= 15 is 0 Å². The Hall–Kier alpha value is -1.38. The Morgan fingerprint density at radius 3 is 1.53 bits per heavy atom. The summed E-state index contributed by atoms with van der Waals surface area (Å²) in [6.07, 6.45) is -35.5. The molecule has 0 aromatic rings. The van der Waals surface area contributed by atoms with Crippen LogP contribution in [-0.2, 0) is 47.4 Å². The Morgan fingerprint density at radius 1 is 0.539 bits per heavy atom. The molecule has 5 aliphatic heterocycles. The van der Waals surface area contributed by atoms with Gasteiger partial charge in [-0.3, -0.25) is 0 Å². The molecule has 0 bridgehead atoms. The summed E-state index contributed by atoms with van der Waals surface area (Å²) >= 11 is 0. The van der Waals surface area contributed by atoms with Gasteiger partial charge in [-0.1, -0.05) is 60.1 Å². The van der Waals surface area contributed by atoms with E-state index in [9.17, 15) is 91.9 Å². The van der Waals surface area contributed by atoms with Crippen LogP contribution in [0.25, 0.3) is 0 Å². The predicted octanol–water partition coefficient (Wildman–Crippen LogP) is -3.99. The van der Waals surface area contributed by atoms with Gasteiger partial charge in [-0.05, 0) is 106 Å². The fraction of sp³-hybridized carbons (Fsp3) is 0.967. The Kier molecular flexibility index (Phi) is 22.3. The zero-order valence-electron chi connectivity index (χ0n) is 52.4. The molecule has 0 amide bonds. The lowest BCUT2D eigenvalue weighted by molar-refractivity contribution is -0.380. The highest BCUT2D eigenvalue weighted by molar-refractivity contribution is 5.32. The Morgan fingerprint density at radius 2 is 1.00 bits per heavy atom. The molecule has 9 aliphatic rings. The van der Waals surface area contributed by atoms with E-state index in [2.05, 4.69) is 33.8 Å². The number of aliphatic hydroxyl groups excluding tert-OH is 17. The highest BCUT2D eigenvalue weighted by Crippen LogP contribution is 2.75. The molecule has 18 N–H and O–H groups in total. The van der Waals surface area contributed by atoms with Gasteiger partial charge in [0.1, 0.15) is 116 Å². The number of hydrogen-bond acceptors (Lipinski definition) is 28. The monoisotopic (exact) mass is 1280 g/mol. The lowest BCUT2D eigenvalue weighted by Gasteiger charge is -2.67. The highest BCUT2D eigenvalue weighted by atomic mass is 16.8. The van der Waals surface area contributed by atoms with Crippen molar-refractivity contribution in [3.05, 3.63) is 11.6 Å². The van der Waals surface area contributed by atoms with E-state index in [-0.39, 0.29) is 47.3 Å². The summed E-state index contributed by atoms with van der Waals surface area (Å²) in [5, 5.41) is 196. The van der Waals surface area contributed by atoms with Gasteiger partial charge in [-0.25, -0.2) is 0 Å². The first-order chi connectivity index (χ1) is 41.6. The van der Waals surface area contributed by atoms with Crippen molar-refractivity contribution in [3.8, 4) is 0 Å². The second-order valence-corrected chi connectivity index (χ2v) is 28.9. The summed E-state index contributed by atoms with van der Waals surface area (Å²) in [7, 11) is 0. The molecule has 5 saturated heterocycles. The third-order valence-corrected chi connectivity index (χ3v) is 23.1. The van der Waals surface area contributed by atoms with Crippen molar-refractivity contribution in [2.24, 2.45) is 45.3 Å². The minimum Gasteiger partial charge on any atom is -0.394 e. The molecule has 4 aliphatic carbocycles. The molecule has 0 aromatic heterocycles. The first kappa shape index (κ1) is 71.9. The van der Waals surface area contributed by atoms with Crippen LogP contribution in [0.3, 0.4) is 0 Å². The lowest BCUT2D eigenvalue weighted by Crippen LogP contribution is -2.65. The standard InChI is InChI=1S/C61H104O28/c1-10-28-37(65)42(70)47(75)52(82-28)80-23-32-41(69)46(74)51(89-55-50(78)44(72)39(67)30(21-63)84-55)56(86-32)88-36(58(5,6)79)15-11-24(2)25-17-18-59(7)33-14-12-26-27(61(33,9)34(64)19-60(25,59)8)13-16-35(57(26,3)4)87-54-49(77)45(73)40(68)31(85-54)22-81-53-48(76)43(71)38(66)29(20-62)83-53/h12,24-25,27-56,62-79H,10-11,13-23H2,1-9H3/t24-,25?,27?,28-,29-,30-,31-,32-,33?,34-,35+,36-,37-,38-,39-,40-,41-,42+,43+,44+,45+,46+,47-,48-,49-,50-,51-,52-,53+,54+,55+,56+,59+,60-,61+/m1/s1. The van der Waals surface area contributed by atoms with Crippen LogP contribution in [0.15, 0.2) is 11.6 Å². The first-order valence-corrected chi connectivity index (χ1v) is 31.9. The van der Waals surface area contributed by atoms with E-state index in [4.69, 9.17) is 47.4 Å². The van der Waals surface area contributed by atoms with E-state index < -0.39 is 215 Å². The Bertz CT molecular complexity index is 2340. The molecule has 28 heteroatoms. The van der Waals surface area contributed by atoms with Gasteiger partial charge in [0.15, 0.2) is 31.5 Å². The molecule has 0 aromatic carbocycles. The summed E-state index contributed by atoms with van der Waals surface area (Å²) in [6.45, 7) is 15.2. The zero-order chi connectivity index (χ0) is 65.5. The average molecular weight is 1290 g/mol. The minimum absolute atomic E-state index is 0.0198. The van der Waals surface area contributed by atoms with Crippen LogP contribution in [0.2, 0.25) is 0 Å². The summed E-state index contributed by atoms with van der Waals surface area (Å²) in [5.41, 5.74) is -2.41. The predicted molar refractivity (Wildman–Crippen MR) is 303 cm³/mol. The van der Waals surface area contributed by atoms with E-state index in [0.717, 1.165) is 18.4 Å². The van der Waals surface area contributed by atoms with Gasteiger partial charge < -0.3 is 139 Å². The highest BCUT2D eigenvalue weighted by Gasteiger charge is 2.70. The molecule has 89 heavy (non-hydrogen) atoms. The molecule has 35 atom stereocenters. The van der Waals surface area contributed by atoms with Crippen molar-refractivity contribution in [2.45, 2.75) is 298 Å². The number of hydrogen-bond donors (Lipinski definition) is 18.